The number of amides is 2. The minimum absolute atomic E-state index is 0.0690. The normalized spacial score (nSPS) is 17.0. The van der Waals surface area contributed by atoms with E-state index >= 15 is 0 Å². The molecule has 3 rings (SSSR count). The van der Waals surface area contributed by atoms with Crippen molar-refractivity contribution in [1.29, 1.82) is 0 Å². The zero-order valence-electron chi connectivity index (χ0n) is 15.7. The van der Waals surface area contributed by atoms with Crippen molar-refractivity contribution in [3.63, 3.8) is 0 Å². The molecule has 1 aliphatic heterocycles. The summed E-state index contributed by atoms with van der Waals surface area (Å²) in [6, 6.07) is 7.52. The maximum atomic E-state index is 12.6. The van der Waals surface area contributed by atoms with E-state index in [1.807, 2.05) is 17.0 Å². The smallest absolute Gasteiger partial charge is 0.229 e. The van der Waals surface area contributed by atoms with E-state index in [0.717, 1.165) is 18.4 Å². The topological polar surface area (TPSA) is 117 Å². The first-order valence-electron chi connectivity index (χ1n) is 9.37. The van der Waals surface area contributed by atoms with E-state index in [9.17, 15) is 9.59 Å². The van der Waals surface area contributed by atoms with Crippen LogP contribution in [0.25, 0.3) is 11.4 Å². The Labute approximate surface area is 158 Å². The van der Waals surface area contributed by atoms with E-state index in [1.54, 1.807) is 12.1 Å². The number of rotatable bonds is 7. The molecule has 0 aliphatic carbocycles. The number of benzene rings is 1. The highest BCUT2D eigenvalue weighted by Gasteiger charge is 2.36. The predicted octanol–water partition coefficient (Wildman–Crippen LogP) is 1.91. The number of nitrogens with one attached hydrogen (secondary N) is 2. The molecule has 8 heteroatoms. The van der Waals surface area contributed by atoms with Gasteiger partial charge in [0.25, 0.3) is 0 Å². The highest BCUT2D eigenvalue weighted by atomic mass is 16.2. The van der Waals surface area contributed by atoms with E-state index in [1.165, 1.54) is 0 Å². The van der Waals surface area contributed by atoms with Gasteiger partial charge in [-0.25, -0.2) is 4.98 Å². The fraction of sp³-hybridized carbons (Fsp3) is 0.474. The molecule has 4 N–H and O–H groups in total. The molecule has 1 fully saturated rings. The van der Waals surface area contributed by atoms with Crippen molar-refractivity contribution < 1.29 is 9.59 Å². The molecule has 2 aromatic rings. The van der Waals surface area contributed by atoms with Crippen molar-refractivity contribution in [2.75, 3.05) is 11.9 Å². The van der Waals surface area contributed by atoms with Crippen molar-refractivity contribution >= 4 is 17.5 Å². The molecule has 1 atom stereocenters. The number of nitrogens with two attached hydrogens (primary N) is 1. The van der Waals surface area contributed by atoms with E-state index in [-0.39, 0.29) is 30.2 Å². The molecule has 0 radical (unpaired) electrons. The number of aromatic amines is 1. The van der Waals surface area contributed by atoms with Crippen LogP contribution < -0.4 is 11.1 Å². The average molecular weight is 370 g/mol. The summed E-state index contributed by atoms with van der Waals surface area (Å²) in [5, 5.41) is 9.79. The van der Waals surface area contributed by atoms with Gasteiger partial charge in [0.2, 0.25) is 11.8 Å². The third-order valence-corrected chi connectivity index (χ3v) is 5.05. The van der Waals surface area contributed by atoms with Gasteiger partial charge in [-0.15, -0.1) is 0 Å². The average Bonchev–Trinajstić information content (AvgIpc) is 3.31. The Kier molecular flexibility index (Phi) is 5.85. The van der Waals surface area contributed by atoms with Gasteiger partial charge >= 0.3 is 0 Å². The molecule has 1 saturated heterocycles. The highest BCUT2D eigenvalue weighted by Crippen LogP contribution is 2.25. The molecule has 1 aromatic heterocycles. The number of likely N-dealkylation sites (tertiary alicyclic amines) is 1. The van der Waals surface area contributed by atoms with Gasteiger partial charge in [-0.1, -0.05) is 13.8 Å². The van der Waals surface area contributed by atoms with Gasteiger partial charge in [0.1, 0.15) is 5.82 Å². The van der Waals surface area contributed by atoms with Crippen LogP contribution in [-0.4, -0.2) is 44.5 Å². The second-order valence-corrected chi connectivity index (χ2v) is 6.79. The molecule has 0 bridgehead atoms. The summed E-state index contributed by atoms with van der Waals surface area (Å²) >= 11 is 0. The fourth-order valence-corrected chi connectivity index (χ4v) is 3.45. The lowest BCUT2D eigenvalue weighted by atomic mass is 10.1. The number of carbonyl (C=O) groups excluding carboxylic acids is 2. The van der Waals surface area contributed by atoms with E-state index in [2.05, 4.69) is 34.3 Å². The van der Waals surface area contributed by atoms with E-state index < -0.39 is 0 Å². The molecule has 1 unspecified atom stereocenters. The van der Waals surface area contributed by atoms with Crippen molar-refractivity contribution in [3.05, 3.63) is 30.1 Å². The zero-order valence-corrected chi connectivity index (χ0v) is 15.7. The van der Waals surface area contributed by atoms with Crippen LogP contribution in [0.2, 0.25) is 0 Å². The molecule has 144 valence electrons. The van der Waals surface area contributed by atoms with Crippen molar-refractivity contribution in [3.8, 4) is 11.4 Å². The Balaban J connectivity index is 1.62. The quantitative estimate of drug-likeness (QED) is 0.688. The first kappa shape index (κ1) is 19.0. The van der Waals surface area contributed by atoms with Gasteiger partial charge in [-0.2, -0.15) is 5.10 Å². The molecule has 8 nitrogen and oxygen atoms in total. The molecule has 1 aliphatic rings. The van der Waals surface area contributed by atoms with Gasteiger partial charge in [0.15, 0.2) is 5.82 Å². The van der Waals surface area contributed by atoms with Crippen molar-refractivity contribution in [2.45, 2.75) is 45.7 Å². The molecule has 1 aromatic carbocycles. The second-order valence-electron chi connectivity index (χ2n) is 6.79. The maximum absolute atomic E-state index is 12.6. The lowest BCUT2D eigenvalue weighted by Gasteiger charge is -2.26. The van der Waals surface area contributed by atoms with Gasteiger partial charge in [0.05, 0.1) is 12.5 Å². The highest BCUT2D eigenvalue weighted by molar-refractivity contribution is 5.97. The maximum Gasteiger partial charge on any atom is 0.229 e. The zero-order chi connectivity index (χ0) is 19.4. The number of aromatic nitrogens is 3. The predicted molar refractivity (Wildman–Crippen MR) is 103 cm³/mol. The van der Waals surface area contributed by atoms with Crippen LogP contribution in [0.3, 0.4) is 0 Å². The SMILES string of the molecule is CCC(CC)N1CC(C(=O)Nc2ccc(-c3n[nH]c(CN)n3)cc2)CC1=O. The minimum Gasteiger partial charge on any atom is -0.339 e. The Morgan fingerprint density at radius 3 is 2.63 bits per heavy atom. The first-order valence-corrected chi connectivity index (χ1v) is 9.37. The largest absolute Gasteiger partial charge is 0.339 e. The van der Waals surface area contributed by atoms with Crippen molar-refractivity contribution in [2.24, 2.45) is 11.7 Å². The number of hydrogen-bond donors (Lipinski definition) is 3. The van der Waals surface area contributed by atoms with Crippen molar-refractivity contribution in [1.82, 2.24) is 20.1 Å². The Bertz CT molecular complexity index is 797. The summed E-state index contributed by atoms with van der Waals surface area (Å²) in [5.74, 6) is 0.830. The number of H-pyrrole nitrogens is 1. The number of anilines is 1. The standard InChI is InChI=1S/C19H26N6O2/c1-3-15(4-2)25-11-13(9-17(25)26)19(27)21-14-7-5-12(6-8-14)18-22-16(10-20)23-24-18/h5-8,13,15H,3-4,9-11,20H2,1-2H3,(H,21,27)(H,22,23,24). The number of carbonyl (C=O) groups is 2. The monoisotopic (exact) mass is 370 g/mol. The van der Waals surface area contributed by atoms with E-state index in [0.29, 0.717) is 30.4 Å². The molecule has 2 amide bonds. The summed E-state index contributed by atoms with van der Waals surface area (Å²) in [5.41, 5.74) is 7.05. The third-order valence-electron chi connectivity index (χ3n) is 5.05. The van der Waals surface area contributed by atoms with Crippen LogP contribution in [0.1, 0.15) is 38.9 Å². The van der Waals surface area contributed by atoms with Gasteiger partial charge in [-0.05, 0) is 37.1 Å². The number of nitrogens with zero attached hydrogens (tertiary/aromatic N) is 3. The Morgan fingerprint density at radius 2 is 2.04 bits per heavy atom. The summed E-state index contributed by atoms with van der Waals surface area (Å²) < 4.78 is 0. The van der Waals surface area contributed by atoms with Crippen LogP contribution in [-0.2, 0) is 16.1 Å². The summed E-state index contributed by atoms with van der Waals surface area (Å²) in [6.45, 7) is 4.94. The molecule has 2 heterocycles. The minimum atomic E-state index is -0.308. The summed E-state index contributed by atoms with van der Waals surface area (Å²) in [7, 11) is 0. The van der Waals surface area contributed by atoms with Gasteiger partial charge in [0, 0.05) is 30.3 Å². The van der Waals surface area contributed by atoms with Gasteiger partial charge in [-0.3, -0.25) is 14.7 Å². The second kappa shape index (κ2) is 8.30. The third kappa shape index (κ3) is 4.16. The summed E-state index contributed by atoms with van der Waals surface area (Å²) in [4.78, 5) is 31.0. The number of hydrogen-bond acceptors (Lipinski definition) is 5. The van der Waals surface area contributed by atoms with Gasteiger partial charge < -0.3 is 16.0 Å². The van der Waals surface area contributed by atoms with Crippen LogP contribution in [0, 0.1) is 5.92 Å². The first-order chi connectivity index (χ1) is 13.0. The Morgan fingerprint density at radius 1 is 1.33 bits per heavy atom. The lowest BCUT2D eigenvalue weighted by Crippen LogP contribution is -2.36. The summed E-state index contributed by atoms with van der Waals surface area (Å²) in [6.07, 6.45) is 2.09. The molecule has 0 spiro atoms. The lowest BCUT2D eigenvalue weighted by molar-refractivity contribution is -0.130. The van der Waals surface area contributed by atoms with Crippen LogP contribution in [0.4, 0.5) is 5.69 Å². The molecule has 0 saturated carbocycles. The molecular weight excluding hydrogens is 344 g/mol. The van der Waals surface area contributed by atoms with Crippen LogP contribution in [0.15, 0.2) is 24.3 Å². The fourth-order valence-electron chi connectivity index (χ4n) is 3.45. The molecular formula is C19H26N6O2. The van der Waals surface area contributed by atoms with Crippen LogP contribution in [0.5, 0.6) is 0 Å². The molecule has 27 heavy (non-hydrogen) atoms. The Hall–Kier alpha value is -2.74. The van der Waals surface area contributed by atoms with E-state index in [4.69, 9.17) is 5.73 Å². The van der Waals surface area contributed by atoms with Crippen LogP contribution >= 0.6 is 0 Å².